The summed E-state index contributed by atoms with van der Waals surface area (Å²) in [6, 6.07) is 12.4. The highest BCUT2D eigenvalue weighted by atomic mass is 16.5. The van der Waals surface area contributed by atoms with Gasteiger partial charge in [0.25, 0.3) is 0 Å². The number of rotatable bonds is 6. The standard InChI is InChI=1S/C18H22N2O3/c1-22-13-18(21)19-11-16(17-7-4-10-23-17)20-9-8-14-5-2-3-6-15(14)12-20/h2-7,10,16H,8-9,11-13H2,1H3,(H,19,21)/t16-/m0/s1. The molecular formula is C18H22N2O3. The van der Waals surface area contributed by atoms with E-state index in [4.69, 9.17) is 9.15 Å². The molecule has 0 aliphatic carbocycles. The van der Waals surface area contributed by atoms with Gasteiger partial charge < -0.3 is 14.5 Å². The van der Waals surface area contributed by atoms with E-state index in [0.29, 0.717) is 6.54 Å². The van der Waals surface area contributed by atoms with Gasteiger partial charge in [-0.15, -0.1) is 0 Å². The average molecular weight is 314 g/mol. The van der Waals surface area contributed by atoms with Gasteiger partial charge in [-0.3, -0.25) is 9.69 Å². The Labute approximate surface area is 136 Å². The Bertz CT molecular complexity index is 639. The molecule has 2 aromatic rings. The third-order valence-electron chi connectivity index (χ3n) is 4.24. The van der Waals surface area contributed by atoms with E-state index in [1.807, 2.05) is 12.1 Å². The maximum Gasteiger partial charge on any atom is 0.246 e. The highest BCUT2D eigenvalue weighted by molar-refractivity contribution is 5.77. The molecule has 5 nitrogen and oxygen atoms in total. The van der Waals surface area contributed by atoms with Gasteiger partial charge in [-0.25, -0.2) is 0 Å². The minimum absolute atomic E-state index is 0.0270. The van der Waals surface area contributed by atoms with Gasteiger partial charge in [-0.1, -0.05) is 24.3 Å². The van der Waals surface area contributed by atoms with Crippen LogP contribution in [0.3, 0.4) is 0 Å². The predicted octanol–water partition coefficient (Wildman–Crippen LogP) is 2.14. The Morgan fingerprint density at radius 1 is 1.30 bits per heavy atom. The Balaban J connectivity index is 1.73. The number of ether oxygens (including phenoxy) is 1. The molecule has 1 aliphatic heterocycles. The second-order valence-electron chi connectivity index (χ2n) is 5.76. The van der Waals surface area contributed by atoms with Gasteiger partial charge in [0.2, 0.25) is 5.91 Å². The van der Waals surface area contributed by atoms with Crippen molar-refractivity contribution < 1.29 is 13.9 Å². The number of amides is 1. The summed E-state index contributed by atoms with van der Waals surface area (Å²) >= 11 is 0. The van der Waals surface area contributed by atoms with Crippen molar-refractivity contribution in [2.45, 2.75) is 19.0 Å². The van der Waals surface area contributed by atoms with Crippen LogP contribution in [0.25, 0.3) is 0 Å². The second kappa shape index (κ2) is 7.44. The minimum atomic E-state index is -0.110. The number of carbonyl (C=O) groups excluding carboxylic acids is 1. The van der Waals surface area contributed by atoms with E-state index in [2.05, 4.69) is 34.5 Å². The Kier molecular flexibility index (Phi) is 5.10. The number of benzene rings is 1. The van der Waals surface area contributed by atoms with Crippen LogP contribution >= 0.6 is 0 Å². The zero-order chi connectivity index (χ0) is 16.1. The molecule has 1 aliphatic rings. The Hall–Kier alpha value is -2.11. The molecule has 122 valence electrons. The van der Waals surface area contributed by atoms with Gasteiger partial charge in [0.15, 0.2) is 0 Å². The van der Waals surface area contributed by atoms with Gasteiger partial charge in [0, 0.05) is 26.7 Å². The lowest BCUT2D eigenvalue weighted by Gasteiger charge is -2.34. The van der Waals surface area contributed by atoms with Crippen LogP contribution in [-0.4, -0.2) is 37.6 Å². The molecule has 0 saturated heterocycles. The fraction of sp³-hybridized carbons (Fsp3) is 0.389. The molecule has 1 aromatic carbocycles. The molecule has 23 heavy (non-hydrogen) atoms. The lowest BCUT2D eigenvalue weighted by molar-refractivity contribution is -0.125. The first-order valence-electron chi connectivity index (χ1n) is 7.88. The third kappa shape index (κ3) is 3.81. The normalized spacial score (nSPS) is 15.9. The maximum atomic E-state index is 11.7. The summed E-state index contributed by atoms with van der Waals surface area (Å²) in [5.74, 6) is 0.767. The summed E-state index contributed by atoms with van der Waals surface area (Å²) < 4.78 is 10.5. The van der Waals surface area contributed by atoms with Crippen LogP contribution in [0.2, 0.25) is 0 Å². The summed E-state index contributed by atoms with van der Waals surface area (Å²) in [6.07, 6.45) is 2.69. The molecule has 1 amide bonds. The van der Waals surface area contributed by atoms with Gasteiger partial charge in [0.1, 0.15) is 12.4 Å². The number of nitrogens with one attached hydrogen (secondary N) is 1. The molecule has 3 rings (SSSR count). The molecule has 1 N–H and O–H groups in total. The van der Waals surface area contributed by atoms with Crippen molar-refractivity contribution in [3.8, 4) is 0 Å². The quantitative estimate of drug-likeness (QED) is 0.887. The van der Waals surface area contributed by atoms with E-state index in [1.165, 1.54) is 18.2 Å². The smallest absolute Gasteiger partial charge is 0.246 e. The molecule has 1 aromatic heterocycles. The largest absolute Gasteiger partial charge is 0.468 e. The molecule has 0 unspecified atom stereocenters. The van der Waals surface area contributed by atoms with Crippen molar-refractivity contribution >= 4 is 5.91 Å². The highest BCUT2D eigenvalue weighted by Gasteiger charge is 2.26. The van der Waals surface area contributed by atoms with E-state index in [9.17, 15) is 4.79 Å². The molecule has 0 saturated carbocycles. The fourth-order valence-electron chi connectivity index (χ4n) is 3.07. The van der Waals surface area contributed by atoms with E-state index < -0.39 is 0 Å². The number of carbonyl (C=O) groups is 1. The van der Waals surface area contributed by atoms with Gasteiger partial charge >= 0.3 is 0 Å². The highest BCUT2D eigenvalue weighted by Crippen LogP contribution is 2.27. The summed E-state index contributed by atoms with van der Waals surface area (Å²) in [5, 5.41) is 2.93. The van der Waals surface area contributed by atoms with E-state index in [1.54, 1.807) is 6.26 Å². The van der Waals surface area contributed by atoms with Crippen molar-refractivity contribution in [2.24, 2.45) is 0 Å². The second-order valence-corrected chi connectivity index (χ2v) is 5.76. The average Bonchev–Trinajstić information content (AvgIpc) is 3.09. The molecule has 2 heterocycles. The molecule has 1 atom stereocenters. The number of fused-ring (bicyclic) bond motifs is 1. The van der Waals surface area contributed by atoms with Crippen LogP contribution in [-0.2, 0) is 22.5 Å². The Morgan fingerprint density at radius 2 is 2.13 bits per heavy atom. The van der Waals surface area contributed by atoms with Crippen molar-refractivity contribution in [2.75, 3.05) is 26.8 Å². The molecule has 5 heteroatoms. The van der Waals surface area contributed by atoms with Crippen molar-refractivity contribution in [3.63, 3.8) is 0 Å². The van der Waals surface area contributed by atoms with Crippen molar-refractivity contribution in [1.82, 2.24) is 10.2 Å². The summed E-state index contributed by atoms with van der Waals surface area (Å²) in [5.41, 5.74) is 2.75. The zero-order valence-electron chi connectivity index (χ0n) is 13.3. The predicted molar refractivity (Wildman–Crippen MR) is 86.9 cm³/mol. The summed E-state index contributed by atoms with van der Waals surface area (Å²) in [6.45, 7) is 2.40. The Morgan fingerprint density at radius 3 is 2.87 bits per heavy atom. The zero-order valence-corrected chi connectivity index (χ0v) is 13.3. The maximum absolute atomic E-state index is 11.7. The summed E-state index contributed by atoms with van der Waals surface area (Å²) in [7, 11) is 1.52. The van der Waals surface area contributed by atoms with Gasteiger partial charge in [-0.2, -0.15) is 0 Å². The number of hydrogen-bond acceptors (Lipinski definition) is 4. The number of methoxy groups -OCH3 is 1. The SMILES string of the molecule is COCC(=O)NC[C@@H](c1ccco1)N1CCc2ccccc2C1. The van der Waals surface area contributed by atoms with E-state index in [0.717, 1.165) is 25.3 Å². The molecule has 0 radical (unpaired) electrons. The lowest BCUT2D eigenvalue weighted by atomic mass is 9.98. The van der Waals surface area contributed by atoms with Crippen LogP contribution in [0.4, 0.5) is 0 Å². The van der Waals surface area contributed by atoms with Crippen LogP contribution < -0.4 is 5.32 Å². The molecular weight excluding hydrogens is 292 g/mol. The first-order chi connectivity index (χ1) is 11.3. The molecule has 0 spiro atoms. The van der Waals surface area contributed by atoms with Crippen LogP contribution in [0.15, 0.2) is 47.1 Å². The first-order valence-corrected chi connectivity index (χ1v) is 7.88. The first kappa shape index (κ1) is 15.8. The number of hydrogen-bond donors (Lipinski definition) is 1. The van der Waals surface area contributed by atoms with E-state index >= 15 is 0 Å². The molecule has 0 fully saturated rings. The van der Waals surface area contributed by atoms with Crippen LogP contribution in [0.5, 0.6) is 0 Å². The third-order valence-corrected chi connectivity index (χ3v) is 4.24. The van der Waals surface area contributed by atoms with Gasteiger partial charge in [-0.05, 0) is 29.7 Å². The minimum Gasteiger partial charge on any atom is -0.468 e. The van der Waals surface area contributed by atoms with Crippen molar-refractivity contribution in [3.05, 3.63) is 59.5 Å². The summed E-state index contributed by atoms with van der Waals surface area (Å²) in [4.78, 5) is 14.1. The monoisotopic (exact) mass is 314 g/mol. The van der Waals surface area contributed by atoms with Crippen molar-refractivity contribution in [1.29, 1.82) is 0 Å². The molecule has 0 bridgehead atoms. The van der Waals surface area contributed by atoms with E-state index in [-0.39, 0.29) is 18.6 Å². The number of nitrogens with zero attached hydrogens (tertiary/aromatic N) is 1. The van der Waals surface area contributed by atoms with Gasteiger partial charge in [0.05, 0.1) is 12.3 Å². The fourth-order valence-corrected chi connectivity index (χ4v) is 3.07. The lowest BCUT2D eigenvalue weighted by Crippen LogP contribution is -2.41. The van der Waals surface area contributed by atoms with Crippen LogP contribution in [0, 0.1) is 0 Å². The number of furan rings is 1. The topological polar surface area (TPSA) is 54.7 Å². The van der Waals surface area contributed by atoms with Crippen LogP contribution in [0.1, 0.15) is 22.9 Å².